The molecule has 0 saturated heterocycles. The molecular weight excluding hydrogens is 350 g/mol. The highest BCUT2D eigenvalue weighted by Crippen LogP contribution is 2.18. The van der Waals surface area contributed by atoms with E-state index in [1.807, 2.05) is 0 Å². The van der Waals surface area contributed by atoms with E-state index in [0.29, 0.717) is 17.1 Å². The molecule has 0 aliphatic heterocycles. The van der Waals surface area contributed by atoms with Crippen LogP contribution in [0, 0.1) is 0 Å². The van der Waals surface area contributed by atoms with E-state index in [4.69, 9.17) is 9.47 Å². The van der Waals surface area contributed by atoms with Gasteiger partial charge < -0.3 is 20.1 Å². The molecule has 0 bridgehead atoms. The maximum absolute atomic E-state index is 12.7. The van der Waals surface area contributed by atoms with E-state index in [-0.39, 0.29) is 17.9 Å². The number of nitrogens with zero attached hydrogens (tertiary/aromatic N) is 1. The van der Waals surface area contributed by atoms with Gasteiger partial charge in [-0.3, -0.25) is 9.59 Å². The van der Waals surface area contributed by atoms with Crippen LogP contribution >= 0.6 is 0 Å². The molecule has 0 fully saturated rings. The van der Waals surface area contributed by atoms with Gasteiger partial charge in [-0.15, -0.1) is 0 Å². The molecule has 2 rings (SSSR count). The van der Waals surface area contributed by atoms with Crippen molar-refractivity contribution in [2.75, 3.05) is 19.5 Å². The maximum atomic E-state index is 12.7. The van der Waals surface area contributed by atoms with Crippen LogP contribution < -0.4 is 15.4 Å². The lowest BCUT2D eigenvalue weighted by atomic mass is 10.1. The van der Waals surface area contributed by atoms with Crippen LogP contribution in [0.1, 0.15) is 22.8 Å². The zero-order valence-corrected chi connectivity index (χ0v) is 15.3. The summed E-state index contributed by atoms with van der Waals surface area (Å²) >= 11 is 0. The number of aromatic nitrogens is 1. The lowest BCUT2D eigenvalue weighted by molar-refractivity contribution is -0.142. The number of esters is 1. The Bertz CT molecular complexity index is 838. The second-order valence-electron chi connectivity index (χ2n) is 5.65. The summed E-state index contributed by atoms with van der Waals surface area (Å²) in [6.07, 6.45) is 1.70. The molecular formula is C19H21N3O5. The summed E-state index contributed by atoms with van der Waals surface area (Å²) in [5.41, 5.74) is 1.23. The van der Waals surface area contributed by atoms with Crippen molar-refractivity contribution in [1.29, 1.82) is 0 Å². The van der Waals surface area contributed by atoms with Crippen molar-refractivity contribution in [2.45, 2.75) is 19.4 Å². The van der Waals surface area contributed by atoms with Crippen molar-refractivity contribution < 1.29 is 23.9 Å². The Kier molecular flexibility index (Phi) is 6.87. The summed E-state index contributed by atoms with van der Waals surface area (Å²) in [6, 6.07) is 9.02. The first-order valence-electron chi connectivity index (χ1n) is 8.19. The third-order valence-electron chi connectivity index (χ3n) is 3.74. The molecule has 0 aliphatic rings. The number of nitrogens with one attached hydrogen (secondary N) is 2. The highest BCUT2D eigenvalue weighted by atomic mass is 16.5. The quantitative estimate of drug-likeness (QED) is 0.716. The van der Waals surface area contributed by atoms with Crippen LogP contribution in [0.5, 0.6) is 5.88 Å². The number of para-hydroxylation sites is 1. The Labute approximate surface area is 156 Å². The predicted octanol–water partition coefficient (Wildman–Crippen LogP) is 1.56. The normalized spacial score (nSPS) is 11.2. The second-order valence-corrected chi connectivity index (χ2v) is 5.65. The number of ether oxygens (including phenoxy) is 2. The Balaban J connectivity index is 2.25. The fourth-order valence-corrected chi connectivity index (χ4v) is 2.53. The third-order valence-corrected chi connectivity index (χ3v) is 3.74. The van der Waals surface area contributed by atoms with Crippen molar-refractivity contribution in [3.63, 3.8) is 0 Å². The molecule has 8 nitrogen and oxygen atoms in total. The van der Waals surface area contributed by atoms with Crippen LogP contribution in [0.2, 0.25) is 0 Å². The first-order chi connectivity index (χ1) is 13.0. The smallest absolute Gasteiger partial charge is 0.328 e. The van der Waals surface area contributed by atoms with Gasteiger partial charge in [-0.25, -0.2) is 9.78 Å². The molecule has 0 radical (unpaired) electrons. The highest BCUT2D eigenvalue weighted by Gasteiger charge is 2.25. The molecule has 1 heterocycles. The Morgan fingerprint density at radius 2 is 1.85 bits per heavy atom. The average molecular weight is 371 g/mol. The average Bonchev–Trinajstić information content (AvgIpc) is 2.67. The number of carbonyl (C=O) groups is 3. The van der Waals surface area contributed by atoms with Crippen molar-refractivity contribution >= 4 is 23.5 Å². The number of rotatable bonds is 7. The number of carbonyl (C=O) groups excluding carboxylic acids is 3. The summed E-state index contributed by atoms with van der Waals surface area (Å²) in [4.78, 5) is 40.3. The lowest BCUT2D eigenvalue weighted by Gasteiger charge is -2.18. The first kappa shape index (κ1) is 19.9. The lowest BCUT2D eigenvalue weighted by Crippen LogP contribution is -2.43. The molecule has 0 saturated carbocycles. The molecule has 2 amide bonds. The minimum atomic E-state index is -0.953. The highest BCUT2D eigenvalue weighted by molar-refractivity contribution is 6.04. The molecule has 142 valence electrons. The molecule has 0 aliphatic carbocycles. The van der Waals surface area contributed by atoms with Gasteiger partial charge in [0, 0.05) is 25.1 Å². The van der Waals surface area contributed by atoms with Crippen LogP contribution in [0.3, 0.4) is 0 Å². The third kappa shape index (κ3) is 5.27. The van der Waals surface area contributed by atoms with Gasteiger partial charge >= 0.3 is 5.97 Å². The van der Waals surface area contributed by atoms with Gasteiger partial charge in [0.1, 0.15) is 6.04 Å². The van der Waals surface area contributed by atoms with Crippen LogP contribution in [-0.4, -0.2) is 43.0 Å². The molecule has 1 aromatic carbocycles. The minimum Gasteiger partial charge on any atom is -0.481 e. The Morgan fingerprint density at radius 3 is 2.52 bits per heavy atom. The van der Waals surface area contributed by atoms with E-state index in [2.05, 4.69) is 15.6 Å². The maximum Gasteiger partial charge on any atom is 0.328 e. The zero-order valence-electron chi connectivity index (χ0n) is 15.3. The number of benzene rings is 1. The van der Waals surface area contributed by atoms with Gasteiger partial charge in [0.05, 0.1) is 25.5 Å². The first-order valence-corrected chi connectivity index (χ1v) is 8.19. The van der Waals surface area contributed by atoms with Crippen molar-refractivity contribution in [3.8, 4) is 5.88 Å². The van der Waals surface area contributed by atoms with E-state index in [9.17, 15) is 14.4 Å². The number of methoxy groups -OCH3 is 2. The van der Waals surface area contributed by atoms with E-state index in [1.165, 1.54) is 21.1 Å². The molecule has 1 atom stereocenters. The minimum absolute atomic E-state index is 0.137. The molecule has 2 aromatic rings. The SMILES string of the molecule is COC(=O)[C@@H](Cc1cccnc1OC)NC(=O)c1ccccc1NC(C)=O. The van der Waals surface area contributed by atoms with Gasteiger partial charge in [-0.1, -0.05) is 18.2 Å². The van der Waals surface area contributed by atoms with Gasteiger partial charge in [0.2, 0.25) is 11.8 Å². The molecule has 27 heavy (non-hydrogen) atoms. The number of hydrogen-bond acceptors (Lipinski definition) is 6. The number of pyridine rings is 1. The van der Waals surface area contributed by atoms with E-state index < -0.39 is 17.9 Å². The van der Waals surface area contributed by atoms with Crippen LogP contribution in [0.4, 0.5) is 5.69 Å². The molecule has 0 unspecified atom stereocenters. The van der Waals surface area contributed by atoms with Gasteiger partial charge in [-0.2, -0.15) is 0 Å². The van der Waals surface area contributed by atoms with Crippen molar-refractivity contribution in [2.24, 2.45) is 0 Å². The van der Waals surface area contributed by atoms with E-state index in [0.717, 1.165) is 0 Å². The summed E-state index contributed by atoms with van der Waals surface area (Å²) in [5.74, 6) is -1.07. The standard InChI is InChI=1S/C19H21N3O5/c1-12(23)21-15-9-5-4-8-14(15)17(24)22-16(19(25)27-3)11-13-7-6-10-20-18(13)26-2/h4-10,16H,11H2,1-3H3,(H,21,23)(H,22,24)/t16-/m1/s1. The predicted molar refractivity (Wildman–Crippen MR) is 98.5 cm³/mol. The van der Waals surface area contributed by atoms with Crippen molar-refractivity contribution in [3.05, 3.63) is 53.7 Å². The van der Waals surface area contributed by atoms with Gasteiger partial charge in [-0.05, 0) is 18.2 Å². The molecule has 8 heteroatoms. The largest absolute Gasteiger partial charge is 0.481 e. The number of amides is 2. The summed E-state index contributed by atoms with van der Waals surface area (Å²) in [7, 11) is 2.72. The van der Waals surface area contributed by atoms with E-state index in [1.54, 1.807) is 42.6 Å². The molecule has 1 aromatic heterocycles. The van der Waals surface area contributed by atoms with Gasteiger partial charge in [0.15, 0.2) is 0 Å². The topological polar surface area (TPSA) is 107 Å². The monoisotopic (exact) mass is 371 g/mol. The number of hydrogen-bond donors (Lipinski definition) is 2. The summed E-state index contributed by atoms with van der Waals surface area (Å²) < 4.78 is 9.99. The molecule has 2 N–H and O–H groups in total. The Morgan fingerprint density at radius 1 is 1.11 bits per heavy atom. The van der Waals surface area contributed by atoms with Gasteiger partial charge in [0.25, 0.3) is 5.91 Å². The summed E-state index contributed by atoms with van der Waals surface area (Å²) in [6.45, 7) is 1.35. The van der Waals surface area contributed by atoms with Crippen LogP contribution in [-0.2, 0) is 20.7 Å². The van der Waals surface area contributed by atoms with Crippen LogP contribution in [0.25, 0.3) is 0 Å². The van der Waals surface area contributed by atoms with Crippen molar-refractivity contribution in [1.82, 2.24) is 10.3 Å². The second kappa shape index (κ2) is 9.33. The molecule has 0 spiro atoms. The number of anilines is 1. The fraction of sp³-hybridized carbons (Fsp3) is 0.263. The fourth-order valence-electron chi connectivity index (χ4n) is 2.53. The van der Waals surface area contributed by atoms with Crippen LogP contribution in [0.15, 0.2) is 42.6 Å². The Hall–Kier alpha value is -3.42. The van der Waals surface area contributed by atoms with E-state index >= 15 is 0 Å². The zero-order chi connectivity index (χ0) is 19.8. The summed E-state index contributed by atoms with van der Waals surface area (Å²) in [5, 5.41) is 5.24.